The number of halogens is 1. The number of likely N-dealkylation sites (N-methyl/N-ethyl adjacent to an activating group) is 1. The Kier molecular flexibility index (Phi) is 6.65. The number of aryl methyl sites for hydroxylation is 1. The number of nitrogens with one attached hydrogen (secondary N) is 3. The molecule has 5 rings (SSSR count). The maximum absolute atomic E-state index is 13.7. The zero-order chi connectivity index (χ0) is 24.0. The Morgan fingerprint density at radius 2 is 1.63 bits per heavy atom. The van der Waals surface area contributed by atoms with Crippen molar-refractivity contribution in [3.8, 4) is 0 Å². The van der Waals surface area contributed by atoms with Gasteiger partial charge in [-0.1, -0.05) is 48.5 Å². The molecule has 4 aromatic rings. The predicted octanol–water partition coefficient (Wildman–Crippen LogP) is -0.810. The zero-order valence-corrected chi connectivity index (χ0v) is 20.6. The first kappa shape index (κ1) is 24.4. The number of H-pyrrole nitrogens is 1. The van der Waals surface area contributed by atoms with E-state index in [0.29, 0.717) is 23.2 Å². The van der Waals surface area contributed by atoms with E-state index in [9.17, 15) is 14.4 Å². The highest BCUT2D eigenvalue weighted by Crippen LogP contribution is 2.39. The van der Waals surface area contributed by atoms with Gasteiger partial charge in [0.25, 0.3) is 17.7 Å². The number of fused-ring (bicyclic) bond motifs is 4. The van der Waals surface area contributed by atoms with Gasteiger partial charge in [-0.2, -0.15) is 0 Å². The van der Waals surface area contributed by atoms with Crippen LogP contribution in [-0.4, -0.2) is 48.2 Å². The van der Waals surface area contributed by atoms with E-state index in [4.69, 9.17) is 0 Å². The number of amides is 3. The maximum Gasteiger partial charge on any atom is 0.275 e. The van der Waals surface area contributed by atoms with Crippen LogP contribution >= 0.6 is 0 Å². The van der Waals surface area contributed by atoms with Crippen molar-refractivity contribution in [2.75, 3.05) is 20.6 Å². The highest BCUT2D eigenvalue weighted by molar-refractivity contribution is 6.27. The standard InChI is InChI=1S/C27H26N4O3.ClH/c1-16-22-24(27(34)31(26(22)33)14-17-9-5-4-6-10-17)19(13-28-21(32)15-30(2)3)23-18-11-7-8-12-20(18)29-25(16)23;/h4-12,29H,13-15H2,1-3H3,(H,28,32);1H. The van der Waals surface area contributed by atoms with E-state index in [2.05, 4.69) is 10.3 Å². The highest BCUT2D eigenvalue weighted by atomic mass is 35.5. The van der Waals surface area contributed by atoms with Crippen LogP contribution in [0.3, 0.4) is 0 Å². The molecule has 3 amide bonds. The number of para-hydroxylation sites is 1. The largest absolute Gasteiger partial charge is 1.00 e. The Morgan fingerprint density at radius 1 is 0.971 bits per heavy atom. The van der Waals surface area contributed by atoms with Crippen LogP contribution in [0.15, 0.2) is 54.6 Å². The molecule has 1 aliphatic heterocycles. The SMILES string of the molecule is Cc1c2c(c(CNC(=O)C[NH+](C)C)c3c1[nH]c1ccccc13)C(=O)N(Cc1ccccc1)C2=O.[Cl-]. The molecule has 0 aliphatic carbocycles. The third-order valence-corrected chi connectivity index (χ3v) is 6.39. The molecule has 3 aromatic carbocycles. The van der Waals surface area contributed by atoms with Gasteiger partial charge in [-0.25, -0.2) is 0 Å². The summed E-state index contributed by atoms with van der Waals surface area (Å²) in [6.07, 6.45) is 0. The maximum atomic E-state index is 13.7. The van der Waals surface area contributed by atoms with Crippen LogP contribution in [-0.2, 0) is 17.9 Å². The van der Waals surface area contributed by atoms with E-state index in [1.54, 1.807) is 0 Å². The zero-order valence-electron chi connectivity index (χ0n) is 19.9. The number of imide groups is 1. The topological polar surface area (TPSA) is 86.7 Å². The summed E-state index contributed by atoms with van der Waals surface area (Å²) < 4.78 is 0. The molecule has 0 atom stereocenters. The van der Waals surface area contributed by atoms with Gasteiger partial charge >= 0.3 is 0 Å². The van der Waals surface area contributed by atoms with Crippen LogP contribution in [0.25, 0.3) is 21.8 Å². The first-order valence-electron chi connectivity index (χ1n) is 11.4. The second-order valence-corrected chi connectivity index (χ2v) is 9.12. The van der Waals surface area contributed by atoms with Crippen molar-refractivity contribution in [3.63, 3.8) is 0 Å². The lowest BCUT2D eigenvalue weighted by molar-refractivity contribution is -0.849. The minimum Gasteiger partial charge on any atom is -1.00 e. The molecule has 0 unspecified atom stereocenters. The van der Waals surface area contributed by atoms with Crippen LogP contribution in [0.4, 0.5) is 0 Å². The molecule has 180 valence electrons. The number of nitrogens with zero attached hydrogens (tertiary/aromatic N) is 1. The monoisotopic (exact) mass is 490 g/mol. The number of aromatic nitrogens is 1. The molecular weight excluding hydrogens is 464 g/mol. The first-order chi connectivity index (χ1) is 16.4. The van der Waals surface area contributed by atoms with Crippen LogP contribution in [0, 0.1) is 6.92 Å². The van der Waals surface area contributed by atoms with Crippen LogP contribution in [0.1, 0.15) is 37.4 Å². The van der Waals surface area contributed by atoms with E-state index >= 15 is 0 Å². The Bertz CT molecular complexity index is 1460. The summed E-state index contributed by atoms with van der Waals surface area (Å²) in [5, 5.41) is 4.82. The number of aromatic amines is 1. The summed E-state index contributed by atoms with van der Waals surface area (Å²) in [5.41, 5.74) is 4.89. The Hall–Kier alpha value is -3.68. The highest BCUT2D eigenvalue weighted by Gasteiger charge is 2.40. The summed E-state index contributed by atoms with van der Waals surface area (Å²) in [7, 11) is 3.81. The Morgan fingerprint density at radius 3 is 2.34 bits per heavy atom. The van der Waals surface area contributed by atoms with Crippen LogP contribution < -0.4 is 22.6 Å². The third-order valence-electron chi connectivity index (χ3n) is 6.39. The van der Waals surface area contributed by atoms with E-state index in [1.165, 1.54) is 4.90 Å². The number of benzene rings is 3. The lowest BCUT2D eigenvalue weighted by Crippen LogP contribution is -3.07. The second-order valence-electron chi connectivity index (χ2n) is 9.12. The summed E-state index contributed by atoms with van der Waals surface area (Å²) in [5.74, 6) is -0.728. The molecule has 7 nitrogen and oxygen atoms in total. The molecule has 2 heterocycles. The van der Waals surface area contributed by atoms with Gasteiger partial charge in [-0.15, -0.1) is 0 Å². The van der Waals surface area contributed by atoms with Crippen molar-refractivity contribution >= 4 is 39.5 Å². The Balaban J connectivity index is 0.00000289. The first-order valence-corrected chi connectivity index (χ1v) is 11.4. The van der Waals surface area contributed by atoms with Gasteiger partial charge in [-0.05, 0) is 29.7 Å². The minimum absolute atomic E-state index is 0. The number of rotatable bonds is 6. The van der Waals surface area contributed by atoms with E-state index < -0.39 is 0 Å². The fourth-order valence-electron chi connectivity index (χ4n) is 4.85. The van der Waals surface area contributed by atoms with E-state index in [0.717, 1.165) is 37.8 Å². The van der Waals surface area contributed by atoms with Gasteiger partial charge < -0.3 is 27.6 Å². The molecule has 0 saturated heterocycles. The minimum atomic E-state index is -0.318. The second kappa shape index (κ2) is 9.52. The van der Waals surface area contributed by atoms with Crippen molar-refractivity contribution in [1.82, 2.24) is 15.2 Å². The average Bonchev–Trinajstić information content (AvgIpc) is 3.31. The molecule has 0 bridgehead atoms. The molecule has 0 saturated carbocycles. The van der Waals surface area contributed by atoms with Gasteiger partial charge in [0, 0.05) is 22.8 Å². The van der Waals surface area contributed by atoms with Crippen molar-refractivity contribution in [3.05, 3.63) is 82.4 Å². The van der Waals surface area contributed by atoms with Gasteiger partial charge in [0.15, 0.2) is 6.54 Å². The van der Waals surface area contributed by atoms with Crippen molar-refractivity contribution in [1.29, 1.82) is 0 Å². The fraction of sp³-hybridized carbons (Fsp3) is 0.222. The van der Waals surface area contributed by atoms with Crippen molar-refractivity contribution in [2.45, 2.75) is 20.0 Å². The number of carbonyl (C=O) groups excluding carboxylic acids is 3. The fourth-order valence-corrected chi connectivity index (χ4v) is 4.85. The number of carbonyl (C=O) groups is 3. The van der Waals surface area contributed by atoms with Crippen LogP contribution in [0.5, 0.6) is 0 Å². The molecule has 0 radical (unpaired) electrons. The van der Waals surface area contributed by atoms with Crippen LogP contribution in [0.2, 0.25) is 0 Å². The predicted molar refractivity (Wildman–Crippen MR) is 131 cm³/mol. The lowest BCUT2D eigenvalue weighted by Gasteiger charge is -2.14. The molecule has 0 spiro atoms. The normalized spacial score (nSPS) is 13.0. The molecule has 1 aliphatic rings. The molecule has 3 N–H and O–H groups in total. The van der Waals surface area contributed by atoms with Gasteiger partial charge in [0.1, 0.15) is 0 Å². The average molecular weight is 491 g/mol. The summed E-state index contributed by atoms with van der Waals surface area (Å²) in [4.78, 5) is 45.4. The Labute approximate surface area is 209 Å². The smallest absolute Gasteiger partial charge is 0.275 e. The van der Waals surface area contributed by atoms with Crippen molar-refractivity contribution in [2.24, 2.45) is 0 Å². The molecule has 1 aromatic heterocycles. The number of hydrogen-bond acceptors (Lipinski definition) is 3. The lowest BCUT2D eigenvalue weighted by atomic mass is 9.92. The number of hydrogen-bond donors (Lipinski definition) is 3. The van der Waals surface area contributed by atoms with Gasteiger partial charge in [-0.3, -0.25) is 19.3 Å². The molecule has 35 heavy (non-hydrogen) atoms. The molecule has 8 heteroatoms. The summed E-state index contributed by atoms with van der Waals surface area (Å²) >= 11 is 0. The quantitative estimate of drug-likeness (QED) is 0.309. The molecule has 0 fully saturated rings. The summed E-state index contributed by atoms with van der Waals surface area (Å²) in [6.45, 7) is 2.58. The van der Waals surface area contributed by atoms with E-state index in [-0.39, 0.29) is 43.2 Å². The third kappa shape index (κ3) is 4.17. The van der Waals surface area contributed by atoms with Crippen molar-refractivity contribution < 1.29 is 31.7 Å². The van der Waals surface area contributed by atoms with Gasteiger partial charge in [0.2, 0.25) is 0 Å². The van der Waals surface area contributed by atoms with E-state index in [1.807, 2.05) is 75.6 Å². The summed E-state index contributed by atoms with van der Waals surface area (Å²) in [6, 6.07) is 17.4. The number of quaternary nitrogens is 1. The molecular formula is C27H27ClN4O3. The van der Waals surface area contributed by atoms with Gasteiger partial charge in [0.05, 0.1) is 37.3 Å².